The van der Waals surface area contributed by atoms with Gasteiger partial charge in [0.15, 0.2) is 5.79 Å². The van der Waals surface area contributed by atoms with Gasteiger partial charge in [0.25, 0.3) is 5.91 Å². The summed E-state index contributed by atoms with van der Waals surface area (Å²) >= 11 is 0. The zero-order valence-electron chi connectivity index (χ0n) is 15.6. The lowest BCUT2D eigenvalue weighted by Crippen LogP contribution is -2.48. The number of hydrogen-bond acceptors (Lipinski definition) is 7. The molecule has 4 rings (SSSR count). The van der Waals surface area contributed by atoms with Gasteiger partial charge >= 0.3 is 0 Å². The van der Waals surface area contributed by atoms with Crippen LogP contribution < -0.4 is 4.90 Å². The SMILES string of the molecule is Cc1cc(C(=O)N2CCC3(CC2)OCCO3)nc(N2CCN(C)CC2)n1. The number of amides is 1. The Hall–Kier alpha value is -1.77. The van der Waals surface area contributed by atoms with Crippen LogP contribution in [0.2, 0.25) is 0 Å². The summed E-state index contributed by atoms with van der Waals surface area (Å²) in [6.07, 6.45) is 1.43. The van der Waals surface area contributed by atoms with E-state index in [1.165, 1.54) is 0 Å². The van der Waals surface area contributed by atoms with E-state index in [0.29, 0.717) is 50.8 Å². The standard InChI is InChI=1S/C18H27N5O3/c1-14-13-15(20-17(19-14)23-9-7-21(2)8-10-23)16(24)22-5-3-18(4-6-22)25-11-12-26-18/h13H,3-12H2,1-2H3. The molecular formula is C18H27N5O3. The highest BCUT2D eigenvalue weighted by Gasteiger charge is 2.41. The third-order valence-electron chi connectivity index (χ3n) is 5.47. The molecule has 0 aliphatic carbocycles. The summed E-state index contributed by atoms with van der Waals surface area (Å²) in [5, 5.41) is 0. The Balaban J connectivity index is 1.46. The number of nitrogens with zero attached hydrogens (tertiary/aromatic N) is 5. The number of likely N-dealkylation sites (N-methyl/N-ethyl adjacent to an activating group) is 1. The molecule has 0 N–H and O–H groups in total. The topological polar surface area (TPSA) is 71.0 Å². The third kappa shape index (κ3) is 3.54. The van der Waals surface area contributed by atoms with E-state index in [1.807, 2.05) is 11.8 Å². The molecule has 0 radical (unpaired) electrons. The van der Waals surface area contributed by atoms with Crippen LogP contribution in [0.25, 0.3) is 0 Å². The van der Waals surface area contributed by atoms with Crippen molar-refractivity contribution in [3.63, 3.8) is 0 Å². The Morgan fingerprint density at radius 3 is 2.35 bits per heavy atom. The number of hydrogen-bond donors (Lipinski definition) is 0. The average Bonchev–Trinajstić information content (AvgIpc) is 3.10. The Kier molecular flexibility index (Phi) is 4.81. The molecule has 8 nitrogen and oxygen atoms in total. The van der Waals surface area contributed by atoms with Gasteiger partial charge in [0.05, 0.1) is 13.2 Å². The summed E-state index contributed by atoms with van der Waals surface area (Å²) in [7, 11) is 2.12. The summed E-state index contributed by atoms with van der Waals surface area (Å²) < 4.78 is 11.5. The lowest BCUT2D eigenvalue weighted by Gasteiger charge is -2.37. The second kappa shape index (κ2) is 7.09. The number of carbonyl (C=O) groups excluding carboxylic acids is 1. The molecular weight excluding hydrogens is 334 g/mol. The molecule has 0 atom stereocenters. The molecule has 3 saturated heterocycles. The van der Waals surface area contributed by atoms with Gasteiger partial charge in [-0.2, -0.15) is 0 Å². The van der Waals surface area contributed by atoms with Crippen molar-refractivity contribution in [3.8, 4) is 0 Å². The Morgan fingerprint density at radius 2 is 1.69 bits per heavy atom. The van der Waals surface area contributed by atoms with Crippen LogP contribution in [0, 0.1) is 6.92 Å². The van der Waals surface area contributed by atoms with E-state index in [1.54, 1.807) is 6.07 Å². The minimum Gasteiger partial charge on any atom is -0.347 e. The highest BCUT2D eigenvalue weighted by atomic mass is 16.7. The van der Waals surface area contributed by atoms with Crippen molar-refractivity contribution in [3.05, 3.63) is 17.5 Å². The smallest absolute Gasteiger partial charge is 0.272 e. The number of ether oxygens (including phenoxy) is 2. The lowest BCUT2D eigenvalue weighted by molar-refractivity contribution is -0.181. The number of carbonyl (C=O) groups is 1. The summed E-state index contributed by atoms with van der Waals surface area (Å²) in [5.74, 6) is 0.166. The van der Waals surface area contributed by atoms with Crippen LogP contribution in [-0.4, -0.2) is 91.0 Å². The number of aryl methyl sites for hydroxylation is 1. The maximum atomic E-state index is 13.0. The molecule has 1 aromatic rings. The first kappa shape index (κ1) is 17.6. The van der Waals surface area contributed by atoms with E-state index >= 15 is 0 Å². The van der Waals surface area contributed by atoms with Crippen LogP contribution in [0.5, 0.6) is 0 Å². The fourth-order valence-electron chi connectivity index (χ4n) is 3.81. The molecule has 26 heavy (non-hydrogen) atoms. The van der Waals surface area contributed by atoms with Gasteiger partial charge in [-0.25, -0.2) is 9.97 Å². The molecule has 1 aromatic heterocycles. The van der Waals surface area contributed by atoms with Crippen LogP contribution in [0.3, 0.4) is 0 Å². The quantitative estimate of drug-likeness (QED) is 0.760. The van der Waals surface area contributed by atoms with Gasteiger partial charge in [0.1, 0.15) is 5.69 Å². The van der Waals surface area contributed by atoms with E-state index in [4.69, 9.17) is 9.47 Å². The molecule has 142 valence electrons. The Morgan fingerprint density at radius 1 is 1.04 bits per heavy atom. The van der Waals surface area contributed by atoms with Gasteiger partial charge in [-0.15, -0.1) is 0 Å². The third-order valence-corrected chi connectivity index (χ3v) is 5.47. The van der Waals surface area contributed by atoms with Crippen LogP contribution >= 0.6 is 0 Å². The molecule has 0 aromatic carbocycles. The maximum absolute atomic E-state index is 13.0. The number of anilines is 1. The molecule has 3 aliphatic heterocycles. The molecule has 3 fully saturated rings. The van der Waals surface area contributed by atoms with Crippen LogP contribution in [0.15, 0.2) is 6.07 Å². The van der Waals surface area contributed by atoms with Gasteiger partial charge in [-0.3, -0.25) is 4.79 Å². The number of rotatable bonds is 2. The zero-order valence-corrected chi connectivity index (χ0v) is 15.6. The van der Waals surface area contributed by atoms with Gasteiger partial charge in [-0.05, 0) is 20.0 Å². The first-order chi connectivity index (χ1) is 12.5. The minimum atomic E-state index is -0.469. The molecule has 0 unspecified atom stereocenters. The number of piperidine rings is 1. The van der Waals surface area contributed by atoms with Gasteiger partial charge in [0, 0.05) is 57.8 Å². The molecule has 1 amide bonds. The fraction of sp³-hybridized carbons (Fsp3) is 0.722. The van der Waals surface area contributed by atoms with Gasteiger partial charge in [-0.1, -0.05) is 0 Å². The van der Waals surface area contributed by atoms with E-state index in [-0.39, 0.29) is 5.91 Å². The summed E-state index contributed by atoms with van der Waals surface area (Å²) in [5.41, 5.74) is 1.31. The fourth-order valence-corrected chi connectivity index (χ4v) is 3.81. The van der Waals surface area contributed by atoms with Crippen molar-refractivity contribution < 1.29 is 14.3 Å². The minimum absolute atomic E-state index is 0.0290. The van der Waals surface area contributed by atoms with E-state index in [9.17, 15) is 4.79 Å². The number of piperazine rings is 1. The molecule has 8 heteroatoms. The predicted molar refractivity (Wildman–Crippen MR) is 96.3 cm³/mol. The van der Waals surface area contributed by atoms with E-state index in [2.05, 4.69) is 26.8 Å². The lowest BCUT2D eigenvalue weighted by atomic mass is 10.0. The Bertz CT molecular complexity index is 659. The average molecular weight is 361 g/mol. The predicted octanol–water partition coefficient (Wildman–Crippen LogP) is 0.516. The highest BCUT2D eigenvalue weighted by Crippen LogP contribution is 2.31. The van der Waals surface area contributed by atoms with Crippen molar-refractivity contribution in [2.45, 2.75) is 25.6 Å². The highest BCUT2D eigenvalue weighted by molar-refractivity contribution is 5.92. The van der Waals surface area contributed by atoms with Crippen molar-refractivity contribution in [1.82, 2.24) is 19.8 Å². The summed E-state index contributed by atoms with van der Waals surface area (Å²) in [4.78, 5) is 28.4. The first-order valence-corrected chi connectivity index (χ1v) is 9.41. The molecule has 0 saturated carbocycles. The van der Waals surface area contributed by atoms with Crippen molar-refractivity contribution >= 4 is 11.9 Å². The van der Waals surface area contributed by atoms with Gasteiger partial charge < -0.3 is 24.2 Å². The number of likely N-dealkylation sites (tertiary alicyclic amines) is 1. The second-order valence-electron chi connectivity index (χ2n) is 7.38. The van der Waals surface area contributed by atoms with Crippen LogP contribution in [0.1, 0.15) is 29.0 Å². The number of aromatic nitrogens is 2. The molecule has 3 aliphatic rings. The van der Waals surface area contributed by atoms with Crippen molar-refractivity contribution in [1.29, 1.82) is 0 Å². The van der Waals surface area contributed by atoms with Crippen LogP contribution in [-0.2, 0) is 9.47 Å². The van der Waals surface area contributed by atoms with Crippen LogP contribution in [0.4, 0.5) is 5.95 Å². The second-order valence-corrected chi connectivity index (χ2v) is 7.38. The molecule has 0 bridgehead atoms. The molecule has 4 heterocycles. The Labute approximate surface area is 154 Å². The zero-order chi connectivity index (χ0) is 18.1. The van der Waals surface area contributed by atoms with E-state index < -0.39 is 5.79 Å². The maximum Gasteiger partial charge on any atom is 0.272 e. The molecule has 1 spiro atoms. The monoisotopic (exact) mass is 361 g/mol. The first-order valence-electron chi connectivity index (χ1n) is 9.41. The normalized spacial score (nSPS) is 23.6. The van der Waals surface area contributed by atoms with Crippen molar-refractivity contribution in [2.24, 2.45) is 0 Å². The summed E-state index contributed by atoms with van der Waals surface area (Å²) in [6, 6.07) is 1.79. The summed E-state index contributed by atoms with van der Waals surface area (Å²) in [6.45, 7) is 8.20. The van der Waals surface area contributed by atoms with Crippen molar-refractivity contribution in [2.75, 3.05) is 64.4 Å². The van der Waals surface area contributed by atoms with Gasteiger partial charge in [0.2, 0.25) is 5.95 Å². The van der Waals surface area contributed by atoms with E-state index in [0.717, 1.165) is 31.9 Å². The largest absolute Gasteiger partial charge is 0.347 e.